The van der Waals surface area contributed by atoms with E-state index in [1.807, 2.05) is 32.0 Å². The number of benzene rings is 1. The van der Waals surface area contributed by atoms with Crippen LogP contribution in [0, 0.1) is 13.8 Å². The van der Waals surface area contributed by atoms with E-state index in [-0.39, 0.29) is 6.16 Å². The van der Waals surface area contributed by atoms with E-state index < -0.39 is 6.57 Å². The lowest BCUT2D eigenvalue weighted by atomic mass is 10.1. The third-order valence-corrected chi connectivity index (χ3v) is 3.16. The highest BCUT2D eigenvalue weighted by Crippen LogP contribution is 2.49. The van der Waals surface area contributed by atoms with Crippen LogP contribution in [0.1, 0.15) is 16.7 Å². The van der Waals surface area contributed by atoms with Gasteiger partial charge in [-0.15, -0.1) is 0 Å². The van der Waals surface area contributed by atoms with Crippen molar-refractivity contribution in [3.8, 4) is 0 Å². The molecule has 0 radical (unpaired) electrons. The van der Waals surface area contributed by atoms with E-state index in [0.717, 1.165) is 16.7 Å². The van der Waals surface area contributed by atoms with E-state index in [9.17, 15) is 4.57 Å². The Balaban J connectivity index is 3.07. The molecule has 4 heteroatoms. The summed E-state index contributed by atoms with van der Waals surface area (Å²) in [5.41, 5.74) is 3.02. The van der Waals surface area contributed by atoms with Gasteiger partial charge in [0, 0.05) is 0 Å². The fourth-order valence-electron chi connectivity index (χ4n) is 1.30. The van der Waals surface area contributed by atoms with Crippen molar-refractivity contribution in [2.45, 2.75) is 20.0 Å². The molecule has 72 valence electrons. The first-order valence-electron chi connectivity index (χ1n) is 4.00. The Bertz CT molecular complexity index is 336. The lowest BCUT2D eigenvalue weighted by Crippen LogP contribution is -1.92. The highest BCUT2D eigenvalue weighted by molar-refractivity contribution is 8.45. The molecule has 0 amide bonds. The summed E-state index contributed by atoms with van der Waals surface area (Å²) in [7, 11) is 0. The van der Waals surface area contributed by atoms with Crippen LogP contribution >= 0.6 is 18.8 Å². The van der Waals surface area contributed by atoms with Crippen LogP contribution in [0.2, 0.25) is 0 Å². The minimum absolute atomic E-state index is 0.147. The van der Waals surface area contributed by atoms with Crippen molar-refractivity contribution in [3.05, 3.63) is 34.9 Å². The van der Waals surface area contributed by atoms with Gasteiger partial charge in [-0.05, 0) is 30.5 Å². The summed E-state index contributed by atoms with van der Waals surface area (Å²) in [6.45, 7) is 0.626. The van der Waals surface area contributed by atoms with Crippen molar-refractivity contribution >= 4 is 18.8 Å². The van der Waals surface area contributed by atoms with Gasteiger partial charge < -0.3 is 4.89 Å². The van der Waals surface area contributed by atoms with Gasteiger partial charge >= 0.3 is 0 Å². The summed E-state index contributed by atoms with van der Waals surface area (Å²) >= 11 is 3.67. The topological polar surface area (TPSA) is 37.3 Å². The van der Waals surface area contributed by atoms with E-state index in [0.29, 0.717) is 0 Å². The van der Waals surface area contributed by atoms with Crippen LogP contribution in [-0.4, -0.2) is 4.89 Å². The Hall–Kier alpha value is -0.240. The Morgan fingerprint density at radius 2 is 1.85 bits per heavy atom. The van der Waals surface area contributed by atoms with Gasteiger partial charge in [0.2, 0.25) is 0 Å². The van der Waals surface area contributed by atoms with Gasteiger partial charge in [-0.3, -0.25) is 4.57 Å². The lowest BCUT2D eigenvalue weighted by molar-refractivity contribution is 0.496. The van der Waals surface area contributed by atoms with Crippen LogP contribution in [0.25, 0.3) is 0 Å². The van der Waals surface area contributed by atoms with Gasteiger partial charge in [0.05, 0.1) is 6.16 Å². The molecule has 1 unspecified atom stereocenters. The molecular weight excluding hydrogens is 203 g/mol. The molecule has 0 heterocycles. The zero-order valence-electron chi connectivity index (χ0n) is 7.69. The molecule has 1 atom stereocenters. The maximum atomic E-state index is 11.1. The van der Waals surface area contributed by atoms with Crippen LogP contribution in [0.3, 0.4) is 0 Å². The standard InChI is InChI=1S/C9H13O2PS/c1-7-4-3-5-8(2)9(7)6-12(10,11)13/h3-5H,6H2,1-2H3,(H2,10,11,13). The zero-order chi connectivity index (χ0) is 10.1. The maximum absolute atomic E-state index is 11.1. The molecule has 1 N–H and O–H groups in total. The van der Waals surface area contributed by atoms with Gasteiger partial charge in [-0.25, -0.2) is 0 Å². The fraction of sp³-hybridized carbons (Fsp3) is 0.333. The molecule has 0 saturated carbocycles. The highest BCUT2D eigenvalue weighted by Gasteiger charge is 2.15. The second kappa shape index (κ2) is 3.87. The Kier molecular flexibility index (Phi) is 3.23. The van der Waals surface area contributed by atoms with E-state index in [4.69, 9.17) is 4.89 Å². The summed E-state index contributed by atoms with van der Waals surface area (Å²) in [6, 6.07) is 5.81. The number of aryl methyl sites for hydroxylation is 2. The van der Waals surface area contributed by atoms with Crippen molar-refractivity contribution in [3.63, 3.8) is 0 Å². The SMILES string of the molecule is Cc1cccc(C)c1CP(=O)(O)S. The first kappa shape index (κ1) is 10.8. The minimum Gasteiger partial charge on any atom is -0.337 e. The normalized spacial score (nSPS) is 15.4. The third-order valence-electron chi connectivity index (χ3n) is 2.01. The molecular formula is C9H13O2PS. The van der Waals surface area contributed by atoms with Crippen molar-refractivity contribution in [2.75, 3.05) is 0 Å². The molecule has 1 aromatic carbocycles. The molecule has 0 fully saturated rings. The quantitative estimate of drug-likeness (QED) is 0.589. The number of thiol groups is 1. The van der Waals surface area contributed by atoms with Crippen molar-refractivity contribution in [2.24, 2.45) is 0 Å². The molecule has 0 aliphatic heterocycles. The van der Waals surface area contributed by atoms with Crippen LogP contribution in [0.5, 0.6) is 0 Å². The number of hydrogen-bond donors (Lipinski definition) is 2. The van der Waals surface area contributed by atoms with Gasteiger partial charge in [0.15, 0.2) is 0 Å². The second-order valence-electron chi connectivity index (χ2n) is 3.19. The van der Waals surface area contributed by atoms with E-state index in [1.54, 1.807) is 0 Å². The maximum Gasteiger partial charge on any atom is 0.256 e. The summed E-state index contributed by atoms with van der Waals surface area (Å²) in [6.07, 6.45) is 0.147. The zero-order valence-corrected chi connectivity index (χ0v) is 9.48. The second-order valence-corrected chi connectivity index (χ2v) is 6.71. The molecule has 0 aliphatic carbocycles. The smallest absolute Gasteiger partial charge is 0.256 e. The largest absolute Gasteiger partial charge is 0.337 e. The molecule has 1 rings (SSSR count). The minimum atomic E-state index is -3.25. The van der Waals surface area contributed by atoms with Crippen molar-refractivity contribution in [1.82, 2.24) is 0 Å². The first-order chi connectivity index (χ1) is 5.90. The highest BCUT2D eigenvalue weighted by atomic mass is 32.7. The van der Waals surface area contributed by atoms with E-state index >= 15 is 0 Å². The fourth-order valence-corrected chi connectivity index (χ4v) is 2.64. The average molecular weight is 216 g/mol. The summed E-state index contributed by atoms with van der Waals surface area (Å²) < 4.78 is 11.1. The van der Waals surface area contributed by atoms with Crippen molar-refractivity contribution in [1.29, 1.82) is 0 Å². The molecule has 0 saturated heterocycles. The van der Waals surface area contributed by atoms with Crippen LogP contribution in [0.15, 0.2) is 18.2 Å². The molecule has 0 aliphatic rings. The molecule has 0 spiro atoms. The average Bonchev–Trinajstić information content (AvgIpc) is 1.95. The van der Waals surface area contributed by atoms with Crippen LogP contribution in [0.4, 0.5) is 0 Å². The first-order valence-corrected chi connectivity index (χ1v) is 6.99. The monoisotopic (exact) mass is 216 g/mol. The van der Waals surface area contributed by atoms with Gasteiger partial charge in [-0.2, -0.15) is 0 Å². The Morgan fingerprint density at radius 1 is 1.38 bits per heavy atom. The Morgan fingerprint density at radius 3 is 2.23 bits per heavy atom. The third kappa shape index (κ3) is 3.18. The summed E-state index contributed by atoms with van der Waals surface area (Å²) in [4.78, 5) is 9.14. The van der Waals surface area contributed by atoms with Crippen LogP contribution in [-0.2, 0) is 10.7 Å². The lowest BCUT2D eigenvalue weighted by Gasteiger charge is -2.10. The van der Waals surface area contributed by atoms with Crippen LogP contribution < -0.4 is 0 Å². The molecule has 1 aromatic rings. The molecule has 0 bridgehead atoms. The predicted octanol–water partition coefficient (Wildman–Crippen LogP) is 2.92. The van der Waals surface area contributed by atoms with Gasteiger partial charge in [-0.1, -0.05) is 30.4 Å². The molecule has 2 nitrogen and oxygen atoms in total. The van der Waals surface area contributed by atoms with E-state index in [2.05, 4.69) is 12.2 Å². The summed E-state index contributed by atoms with van der Waals surface area (Å²) in [5, 5.41) is 0. The molecule has 13 heavy (non-hydrogen) atoms. The van der Waals surface area contributed by atoms with Gasteiger partial charge in [0.1, 0.15) is 0 Å². The number of rotatable bonds is 2. The molecule has 0 aromatic heterocycles. The Labute approximate surface area is 83.6 Å². The number of hydrogen-bond acceptors (Lipinski definition) is 1. The predicted molar refractivity (Wildman–Crippen MR) is 58.4 cm³/mol. The van der Waals surface area contributed by atoms with E-state index in [1.165, 1.54) is 0 Å². The van der Waals surface area contributed by atoms with Crippen molar-refractivity contribution < 1.29 is 9.46 Å². The summed E-state index contributed by atoms with van der Waals surface area (Å²) in [5.74, 6) is 0. The van der Waals surface area contributed by atoms with Gasteiger partial charge in [0.25, 0.3) is 6.57 Å².